The fourth-order valence-corrected chi connectivity index (χ4v) is 5.19. The largest absolute Gasteiger partial charge is 0.305 e. The summed E-state index contributed by atoms with van der Waals surface area (Å²) in [5, 5.41) is 6.03. The van der Waals surface area contributed by atoms with E-state index in [1.165, 1.54) is 48.1 Å². The van der Waals surface area contributed by atoms with E-state index in [0.29, 0.717) is 12.1 Å². The number of thiophene rings is 1. The predicted molar refractivity (Wildman–Crippen MR) is 81.2 cm³/mol. The van der Waals surface area contributed by atoms with E-state index >= 15 is 0 Å². The van der Waals surface area contributed by atoms with E-state index in [4.69, 9.17) is 0 Å². The van der Waals surface area contributed by atoms with Crippen LogP contribution in [0.3, 0.4) is 0 Å². The van der Waals surface area contributed by atoms with Crippen LogP contribution in [0.5, 0.6) is 0 Å². The second-order valence-corrected chi connectivity index (χ2v) is 7.32. The zero-order valence-corrected chi connectivity index (χ0v) is 13.3. The summed E-state index contributed by atoms with van der Waals surface area (Å²) in [7, 11) is 0. The molecule has 4 heteroatoms. The van der Waals surface area contributed by atoms with Crippen LogP contribution in [0.15, 0.2) is 15.9 Å². The zero-order chi connectivity index (χ0) is 12.5. The predicted octanol–water partition coefficient (Wildman–Crippen LogP) is 3.79. The van der Waals surface area contributed by atoms with Crippen LogP contribution in [0.25, 0.3) is 0 Å². The van der Waals surface area contributed by atoms with Crippen molar-refractivity contribution in [2.24, 2.45) is 0 Å². The first-order valence-electron chi connectivity index (χ1n) is 6.98. The van der Waals surface area contributed by atoms with Gasteiger partial charge in [0.25, 0.3) is 0 Å². The molecule has 2 fully saturated rings. The second-order valence-electron chi connectivity index (χ2n) is 5.52. The van der Waals surface area contributed by atoms with Crippen LogP contribution in [-0.4, -0.2) is 30.1 Å². The highest BCUT2D eigenvalue weighted by atomic mass is 79.9. The van der Waals surface area contributed by atoms with Gasteiger partial charge in [0, 0.05) is 34.0 Å². The average Bonchev–Trinajstić information content (AvgIpc) is 2.97. The molecule has 1 N–H and O–H groups in total. The van der Waals surface area contributed by atoms with Crippen LogP contribution in [0.1, 0.15) is 43.5 Å². The van der Waals surface area contributed by atoms with Gasteiger partial charge >= 0.3 is 0 Å². The molecule has 0 radical (unpaired) electrons. The number of nitrogens with zero attached hydrogens (tertiary/aromatic N) is 1. The number of hydrogen-bond donors (Lipinski definition) is 1. The lowest BCUT2D eigenvalue weighted by molar-refractivity contribution is 0.177. The number of halogens is 1. The smallest absolute Gasteiger partial charge is 0.0400 e. The van der Waals surface area contributed by atoms with Crippen molar-refractivity contribution in [3.8, 4) is 0 Å². The van der Waals surface area contributed by atoms with Gasteiger partial charge in [-0.1, -0.05) is 6.42 Å². The lowest BCUT2D eigenvalue weighted by Gasteiger charge is -2.33. The summed E-state index contributed by atoms with van der Waals surface area (Å²) < 4.78 is 1.26. The minimum absolute atomic E-state index is 0.464. The van der Waals surface area contributed by atoms with Gasteiger partial charge < -0.3 is 5.32 Å². The SMILES string of the molecule is CC(NC1CCN2CCCCC12)c1sccc1Br. The fraction of sp³-hybridized carbons (Fsp3) is 0.714. The summed E-state index contributed by atoms with van der Waals surface area (Å²) >= 11 is 5.49. The molecule has 1 aromatic rings. The Morgan fingerprint density at radius 3 is 3.06 bits per heavy atom. The highest BCUT2D eigenvalue weighted by molar-refractivity contribution is 9.10. The van der Waals surface area contributed by atoms with E-state index in [2.05, 4.69) is 44.5 Å². The van der Waals surface area contributed by atoms with E-state index in [0.717, 1.165) is 6.04 Å². The first-order chi connectivity index (χ1) is 8.75. The van der Waals surface area contributed by atoms with Crippen molar-refractivity contribution in [3.05, 3.63) is 20.8 Å². The van der Waals surface area contributed by atoms with Gasteiger partial charge in [0.05, 0.1) is 0 Å². The van der Waals surface area contributed by atoms with Crippen LogP contribution in [-0.2, 0) is 0 Å². The maximum atomic E-state index is 3.86. The lowest BCUT2D eigenvalue weighted by atomic mass is 9.98. The molecule has 0 spiro atoms. The third-order valence-electron chi connectivity index (χ3n) is 4.36. The molecule has 0 bridgehead atoms. The molecule has 0 aliphatic carbocycles. The van der Waals surface area contributed by atoms with Gasteiger partial charge in [0.15, 0.2) is 0 Å². The van der Waals surface area contributed by atoms with Gasteiger partial charge in [-0.2, -0.15) is 0 Å². The summed E-state index contributed by atoms with van der Waals surface area (Å²) in [5.74, 6) is 0. The molecule has 18 heavy (non-hydrogen) atoms. The third kappa shape index (κ3) is 2.53. The lowest BCUT2D eigenvalue weighted by Crippen LogP contribution is -2.45. The Kier molecular flexibility index (Phi) is 4.09. The van der Waals surface area contributed by atoms with E-state index in [-0.39, 0.29) is 0 Å². The van der Waals surface area contributed by atoms with Crippen molar-refractivity contribution in [3.63, 3.8) is 0 Å². The Morgan fingerprint density at radius 2 is 2.28 bits per heavy atom. The first kappa shape index (κ1) is 13.1. The van der Waals surface area contributed by atoms with E-state index < -0.39 is 0 Å². The van der Waals surface area contributed by atoms with Gasteiger partial charge in [-0.15, -0.1) is 11.3 Å². The summed E-state index contributed by atoms with van der Waals surface area (Å²) in [6.07, 6.45) is 5.51. The van der Waals surface area contributed by atoms with Crippen LogP contribution in [0, 0.1) is 0 Å². The molecule has 3 heterocycles. The molecular formula is C14H21BrN2S. The minimum Gasteiger partial charge on any atom is -0.305 e. The summed E-state index contributed by atoms with van der Waals surface area (Å²) in [6.45, 7) is 4.91. The Labute approximate surface area is 122 Å². The molecule has 2 aliphatic rings. The summed E-state index contributed by atoms with van der Waals surface area (Å²) in [4.78, 5) is 4.13. The standard InChI is InChI=1S/C14H21BrN2S/c1-10(14-11(15)6-9-18-14)16-12-5-8-17-7-3-2-4-13(12)17/h6,9-10,12-13,16H,2-5,7-8H2,1H3. The summed E-state index contributed by atoms with van der Waals surface area (Å²) in [5.41, 5.74) is 0. The van der Waals surface area contributed by atoms with Crippen molar-refractivity contribution in [2.75, 3.05) is 13.1 Å². The maximum Gasteiger partial charge on any atom is 0.0400 e. The zero-order valence-electron chi connectivity index (χ0n) is 10.9. The molecule has 3 unspecified atom stereocenters. The maximum absolute atomic E-state index is 3.86. The molecule has 2 saturated heterocycles. The fourth-order valence-electron chi connectivity index (χ4n) is 3.45. The number of rotatable bonds is 3. The monoisotopic (exact) mass is 328 g/mol. The molecule has 2 nitrogen and oxygen atoms in total. The van der Waals surface area contributed by atoms with Crippen LogP contribution in [0.2, 0.25) is 0 Å². The van der Waals surface area contributed by atoms with Crippen LogP contribution < -0.4 is 5.32 Å². The Hall–Kier alpha value is 0.100. The number of hydrogen-bond acceptors (Lipinski definition) is 3. The topological polar surface area (TPSA) is 15.3 Å². The molecule has 100 valence electrons. The van der Waals surface area contributed by atoms with Crippen molar-refractivity contribution in [1.82, 2.24) is 10.2 Å². The first-order valence-corrected chi connectivity index (χ1v) is 8.66. The highest BCUT2D eigenvalue weighted by Crippen LogP contribution is 2.32. The molecule has 0 aromatic carbocycles. The van der Waals surface area contributed by atoms with E-state index in [1.54, 1.807) is 0 Å². The number of piperidine rings is 1. The number of nitrogens with one attached hydrogen (secondary N) is 1. The molecule has 2 aliphatic heterocycles. The van der Waals surface area contributed by atoms with Crippen LogP contribution >= 0.6 is 27.3 Å². The molecule has 3 rings (SSSR count). The third-order valence-corrected chi connectivity index (χ3v) is 6.41. The number of fused-ring (bicyclic) bond motifs is 1. The Bertz CT molecular complexity index is 406. The molecule has 1 aromatic heterocycles. The quantitative estimate of drug-likeness (QED) is 0.908. The van der Waals surface area contributed by atoms with Crippen molar-refractivity contribution < 1.29 is 0 Å². The van der Waals surface area contributed by atoms with Crippen molar-refractivity contribution in [1.29, 1.82) is 0 Å². The minimum atomic E-state index is 0.464. The molecule has 3 atom stereocenters. The molecular weight excluding hydrogens is 308 g/mol. The van der Waals surface area contributed by atoms with Gasteiger partial charge in [0.1, 0.15) is 0 Å². The Morgan fingerprint density at radius 1 is 1.39 bits per heavy atom. The summed E-state index contributed by atoms with van der Waals surface area (Å²) in [6, 6.07) is 4.10. The van der Waals surface area contributed by atoms with Crippen molar-refractivity contribution in [2.45, 2.75) is 50.7 Å². The van der Waals surface area contributed by atoms with Crippen LogP contribution in [0.4, 0.5) is 0 Å². The highest BCUT2D eigenvalue weighted by Gasteiger charge is 2.36. The molecule has 0 amide bonds. The Balaban J connectivity index is 1.64. The van der Waals surface area contributed by atoms with Gasteiger partial charge in [0.2, 0.25) is 0 Å². The van der Waals surface area contributed by atoms with E-state index in [1.807, 2.05) is 11.3 Å². The van der Waals surface area contributed by atoms with Gasteiger partial charge in [-0.05, 0) is 60.1 Å². The van der Waals surface area contributed by atoms with Crippen molar-refractivity contribution >= 4 is 27.3 Å². The second kappa shape index (κ2) is 5.61. The van der Waals surface area contributed by atoms with Gasteiger partial charge in [-0.3, -0.25) is 4.90 Å². The normalized spacial score (nSPS) is 30.3. The average molecular weight is 329 g/mol. The molecule has 0 saturated carbocycles. The van der Waals surface area contributed by atoms with Gasteiger partial charge in [-0.25, -0.2) is 0 Å². The van der Waals surface area contributed by atoms with E-state index in [9.17, 15) is 0 Å².